The Hall–Kier alpha value is -1.84. The van der Waals surface area contributed by atoms with E-state index >= 15 is 0 Å². The number of hydrogen-bond donors (Lipinski definition) is 0. The lowest BCUT2D eigenvalue weighted by atomic mass is 10.1. The number of unbranched alkanes of at least 4 members (excludes halogenated alkanes) is 2. The van der Waals surface area contributed by atoms with Crippen LogP contribution < -0.4 is 0 Å². The third kappa shape index (κ3) is 3.56. The lowest BCUT2D eigenvalue weighted by Gasteiger charge is -2.03. The van der Waals surface area contributed by atoms with Crippen molar-refractivity contribution in [2.24, 2.45) is 0 Å². The van der Waals surface area contributed by atoms with Crippen LogP contribution in [0.3, 0.4) is 0 Å². The Morgan fingerprint density at radius 2 is 1.74 bits per heavy atom. The van der Waals surface area contributed by atoms with Gasteiger partial charge < -0.3 is 0 Å². The van der Waals surface area contributed by atoms with E-state index in [0.717, 1.165) is 30.5 Å². The normalized spacial score (nSPS) is 10.7. The molecule has 0 unspecified atom stereocenters. The van der Waals surface area contributed by atoms with E-state index in [1.807, 2.05) is 0 Å². The van der Waals surface area contributed by atoms with Gasteiger partial charge in [0.2, 0.25) is 0 Å². The first-order valence-corrected chi connectivity index (χ1v) is 6.47. The number of aryl methyl sites for hydroxylation is 1. The third-order valence-corrected chi connectivity index (χ3v) is 2.95. The van der Waals surface area contributed by atoms with Crippen LogP contribution in [0.4, 0.5) is 8.78 Å². The molecule has 100 valence electrons. The number of hydrogen-bond acceptors (Lipinski definition) is 2. The molecule has 0 bridgehead atoms. The third-order valence-electron chi connectivity index (χ3n) is 2.95. The molecule has 0 aliphatic rings. The Bertz CT molecular complexity index is 538. The van der Waals surface area contributed by atoms with Gasteiger partial charge in [0, 0.05) is 18.0 Å². The number of halogens is 2. The summed E-state index contributed by atoms with van der Waals surface area (Å²) in [5.74, 6) is -1.33. The summed E-state index contributed by atoms with van der Waals surface area (Å²) in [7, 11) is 0. The van der Waals surface area contributed by atoms with Crippen LogP contribution in [0.2, 0.25) is 0 Å². The summed E-state index contributed by atoms with van der Waals surface area (Å²) in [5.41, 5.74) is 1.55. The molecule has 1 heterocycles. The summed E-state index contributed by atoms with van der Waals surface area (Å²) in [4.78, 5) is 8.40. The van der Waals surface area contributed by atoms with Crippen molar-refractivity contribution >= 4 is 0 Å². The molecule has 0 amide bonds. The Kier molecular flexibility index (Phi) is 4.55. The standard InChI is InChI=1S/C15H16F2N2/c1-2-3-4-5-11-9-18-15(19-10-11)12-6-7-13(16)14(17)8-12/h6-10H,2-5H2,1H3. The fourth-order valence-corrected chi connectivity index (χ4v) is 1.85. The van der Waals surface area contributed by atoms with Gasteiger partial charge in [0.15, 0.2) is 17.5 Å². The Labute approximate surface area is 111 Å². The fraction of sp³-hybridized carbons (Fsp3) is 0.333. The second-order valence-electron chi connectivity index (χ2n) is 4.50. The maximum atomic E-state index is 13.1. The number of aromatic nitrogens is 2. The van der Waals surface area contributed by atoms with Crippen LogP contribution in [0, 0.1) is 11.6 Å². The molecule has 2 rings (SSSR count). The molecule has 2 aromatic rings. The lowest BCUT2D eigenvalue weighted by molar-refractivity contribution is 0.509. The van der Waals surface area contributed by atoms with Gasteiger partial charge in [-0.05, 0) is 36.6 Å². The molecule has 0 aliphatic carbocycles. The van der Waals surface area contributed by atoms with E-state index in [1.54, 1.807) is 12.4 Å². The zero-order valence-electron chi connectivity index (χ0n) is 10.9. The van der Waals surface area contributed by atoms with Gasteiger partial charge in [-0.3, -0.25) is 0 Å². The lowest BCUT2D eigenvalue weighted by Crippen LogP contribution is -1.94. The SMILES string of the molecule is CCCCCc1cnc(-c2ccc(F)c(F)c2)nc1. The number of rotatable bonds is 5. The van der Waals surface area contributed by atoms with E-state index in [4.69, 9.17) is 0 Å². The van der Waals surface area contributed by atoms with Crippen LogP contribution in [0.15, 0.2) is 30.6 Å². The molecular formula is C15H16F2N2. The number of benzene rings is 1. The molecular weight excluding hydrogens is 246 g/mol. The van der Waals surface area contributed by atoms with E-state index in [9.17, 15) is 8.78 Å². The minimum absolute atomic E-state index is 0.415. The first-order chi connectivity index (χ1) is 9.20. The van der Waals surface area contributed by atoms with Crippen molar-refractivity contribution in [1.82, 2.24) is 9.97 Å². The van der Waals surface area contributed by atoms with Crippen LogP contribution in [-0.4, -0.2) is 9.97 Å². The summed E-state index contributed by atoms with van der Waals surface area (Å²) in [6, 6.07) is 3.68. The van der Waals surface area contributed by atoms with Gasteiger partial charge in [-0.1, -0.05) is 19.8 Å². The summed E-state index contributed by atoms with van der Waals surface area (Å²) in [6.07, 6.45) is 7.92. The quantitative estimate of drug-likeness (QED) is 0.756. The fourth-order valence-electron chi connectivity index (χ4n) is 1.85. The molecule has 0 spiro atoms. The second-order valence-corrected chi connectivity index (χ2v) is 4.50. The maximum absolute atomic E-state index is 13.1. The van der Waals surface area contributed by atoms with Crippen LogP contribution in [0.1, 0.15) is 31.7 Å². The first-order valence-electron chi connectivity index (χ1n) is 6.47. The summed E-state index contributed by atoms with van der Waals surface area (Å²) >= 11 is 0. The number of nitrogens with zero attached hydrogens (tertiary/aromatic N) is 2. The summed E-state index contributed by atoms with van der Waals surface area (Å²) < 4.78 is 26.0. The van der Waals surface area contributed by atoms with E-state index in [1.165, 1.54) is 18.9 Å². The highest BCUT2D eigenvalue weighted by molar-refractivity contribution is 5.54. The van der Waals surface area contributed by atoms with E-state index in [2.05, 4.69) is 16.9 Å². The Balaban J connectivity index is 2.11. The zero-order valence-corrected chi connectivity index (χ0v) is 10.9. The Morgan fingerprint density at radius 1 is 1.00 bits per heavy atom. The summed E-state index contributed by atoms with van der Waals surface area (Å²) in [5, 5.41) is 0. The molecule has 0 saturated carbocycles. The minimum atomic E-state index is -0.881. The predicted octanol–water partition coefficient (Wildman–Crippen LogP) is 4.15. The van der Waals surface area contributed by atoms with Crippen LogP contribution in [-0.2, 0) is 6.42 Å². The summed E-state index contributed by atoms with van der Waals surface area (Å²) in [6.45, 7) is 2.16. The van der Waals surface area contributed by atoms with E-state index < -0.39 is 11.6 Å². The van der Waals surface area contributed by atoms with Crippen molar-refractivity contribution in [2.75, 3.05) is 0 Å². The monoisotopic (exact) mass is 262 g/mol. The molecule has 0 fully saturated rings. The maximum Gasteiger partial charge on any atom is 0.159 e. The molecule has 1 aromatic carbocycles. The van der Waals surface area contributed by atoms with Crippen molar-refractivity contribution in [3.05, 3.63) is 47.8 Å². The molecule has 0 N–H and O–H groups in total. The second kappa shape index (κ2) is 6.36. The van der Waals surface area contributed by atoms with Crippen molar-refractivity contribution in [3.8, 4) is 11.4 Å². The van der Waals surface area contributed by atoms with Crippen molar-refractivity contribution in [2.45, 2.75) is 32.6 Å². The van der Waals surface area contributed by atoms with Crippen molar-refractivity contribution < 1.29 is 8.78 Å². The Morgan fingerprint density at radius 3 is 2.37 bits per heavy atom. The predicted molar refractivity (Wildman–Crippen MR) is 70.6 cm³/mol. The molecule has 0 atom stereocenters. The molecule has 0 radical (unpaired) electrons. The van der Waals surface area contributed by atoms with Gasteiger partial charge in [-0.15, -0.1) is 0 Å². The van der Waals surface area contributed by atoms with Crippen LogP contribution >= 0.6 is 0 Å². The van der Waals surface area contributed by atoms with Gasteiger partial charge in [-0.2, -0.15) is 0 Å². The highest BCUT2D eigenvalue weighted by Gasteiger charge is 2.06. The zero-order chi connectivity index (χ0) is 13.7. The molecule has 1 aromatic heterocycles. The topological polar surface area (TPSA) is 25.8 Å². The van der Waals surface area contributed by atoms with Crippen molar-refractivity contribution in [3.63, 3.8) is 0 Å². The van der Waals surface area contributed by atoms with Gasteiger partial charge in [0.25, 0.3) is 0 Å². The molecule has 2 nitrogen and oxygen atoms in total. The van der Waals surface area contributed by atoms with Gasteiger partial charge in [0.1, 0.15) is 0 Å². The van der Waals surface area contributed by atoms with E-state index in [-0.39, 0.29) is 0 Å². The molecule has 19 heavy (non-hydrogen) atoms. The molecule has 4 heteroatoms. The largest absolute Gasteiger partial charge is 0.236 e. The minimum Gasteiger partial charge on any atom is -0.236 e. The van der Waals surface area contributed by atoms with Crippen LogP contribution in [0.5, 0.6) is 0 Å². The molecule has 0 aliphatic heterocycles. The van der Waals surface area contributed by atoms with Gasteiger partial charge in [0.05, 0.1) is 0 Å². The molecule has 0 saturated heterocycles. The average molecular weight is 262 g/mol. The highest BCUT2D eigenvalue weighted by atomic mass is 19.2. The average Bonchev–Trinajstić information content (AvgIpc) is 2.43. The van der Waals surface area contributed by atoms with E-state index in [0.29, 0.717) is 11.4 Å². The van der Waals surface area contributed by atoms with Crippen LogP contribution in [0.25, 0.3) is 11.4 Å². The van der Waals surface area contributed by atoms with Gasteiger partial charge in [-0.25, -0.2) is 18.7 Å². The smallest absolute Gasteiger partial charge is 0.159 e. The highest BCUT2D eigenvalue weighted by Crippen LogP contribution is 2.18. The first kappa shape index (κ1) is 13.6. The van der Waals surface area contributed by atoms with Crippen molar-refractivity contribution in [1.29, 1.82) is 0 Å². The van der Waals surface area contributed by atoms with Gasteiger partial charge >= 0.3 is 0 Å².